The van der Waals surface area contributed by atoms with Crippen LogP contribution in [0.15, 0.2) is 0 Å². The van der Waals surface area contributed by atoms with Gasteiger partial charge in [-0.15, -0.1) is 0 Å². The summed E-state index contributed by atoms with van der Waals surface area (Å²) in [6.45, 7) is 11.4. The molecule has 0 fully saturated rings. The molecule has 0 aromatic rings. The highest BCUT2D eigenvalue weighted by Crippen LogP contribution is 2.16. The summed E-state index contributed by atoms with van der Waals surface area (Å²) in [4.78, 5) is 0. The Labute approximate surface area is 73.1 Å². The van der Waals surface area contributed by atoms with Gasteiger partial charge in [0, 0.05) is 1.43 Å². The van der Waals surface area contributed by atoms with E-state index in [1.165, 1.54) is 32.4 Å². The number of hydrogen-bond acceptors (Lipinski definition) is 1. The van der Waals surface area contributed by atoms with Gasteiger partial charge in [-0.1, -0.05) is 34.1 Å². The van der Waals surface area contributed by atoms with Crippen LogP contribution in [-0.2, 0) is 0 Å². The van der Waals surface area contributed by atoms with Crippen LogP contribution in [0.2, 0.25) is 0 Å². The molecule has 1 heteroatoms. The van der Waals surface area contributed by atoms with Gasteiger partial charge < -0.3 is 5.32 Å². The second-order valence-electron chi connectivity index (χ2n) is 4.41. The van der Waals surface area contributed by atoms with Gasteiger partial charge in [0.1, 0.15) is 0 Å². The van der Waals surface area contributed by atoms with E-state index in [2.05, 4.69) is 33.0 Å². The van der Waals surface area contributed by atoms with E-state index in [1.807, 2.05) is 0 Å². The molecule has 0 radical (unpaired) electrons. The van der Waals surface area contributed by atoms with E-state index in [-0.39, 0.29) is 1.43 Å². The molecular weight excluding hydrogens is 134 g/mol. The van der Waals surface area contributed by atoms with Crippen molar-refractivity contribution in [1.29, 1.82) is 0 Å². The van der Waals surface area contributed by atoms with Crippen LogP contribution < -0.4 is 5.32 Å². The Morgan fingerprint density at radius 1 is 1.18 bits per heavy atom. The van der Waals surface area contributed by atoms with Gasteiger partial charge in [-0.3, -0.25) is 0 Å². The van der Waals surface area contributed by atoms with Crippen molar-refractivity contribution < 1.29 is 1.43 Å². The summed E-state index contributed by atoms with van der Waals surface area (Å²) < 4.78 is 0. The third-order valence-corrected chi connectivity index (χ3v) is 1.76. The van der Waals surface area contributed by atoms with Crippen molar-refractivity contribution >= 4 is 0 Å². The molecular formula is C10H25N. The molecule has 0 bridgehead atoms. The van der Waals surface area contributed by atoms with Crippen LogP contribution in [0.3, 0.4) is 0 Å². The highest BCUT2D eigenvalue weighted by molar-refractivity contribution is 4.62. The third-order valence-electron chi connectivity index (χ3n) is 1.76. The molecule has 0 saturated heterocycles. The molecule has 0 aromatic heterocycles. The van der Waals surface area contributed by atoms with Gasteiger partial charge in [-0.05, 0) is 31.3 Å². The Morgan fingerprint density at radius 2 is 1.82 bits per heavy atom. The van der Waals surface area contributed by atoms with Crippen LogP contribution >= 0.6 is 0 Å². The lowest BCUT2D eigenvalue weighted by molar-refractivity contribution is 0.366. The van der Waals surface area contributed by atoms with Gasteiger partial charge in [0.15, 0.2) is 0 Å². The van der Waals surface area contributed by atoms with Gasteiger partial charge in [0.2, 0.25) is 0 Å². The summed E-state index contributed by atoms with van der Waals surface area (Å²) in [6.07, 6.45) is 3.88. The fourth-order valence-electron chi connectivity index (χ4n) is 0.890. The van der Waals surface area contributed by atoms with Crippen LogP contribution in [0.1, 0.15) is 48.4 Å². The first-order valence-electron chi connectivity index (χ1n) is 4.77. The van der Waals surface area contributed by atoms with Crippen LogP contribution in [0.5, 0.6) is 0 Å². The second-order valence-corrected chi connectivity index (χ2v) is 4.41. The maximum absolute atomic E-state index is 3.44. The minimum Gasteiger partial charge on any atom is -0.317 e. The predicted molar refractivity (Wildman–Crippen MR) is 54.0 cm³/mol. The molecule has 0 aliphatic rings. The van der Waals surface area contributed by atoms with E-state index in [1.54, 1.807) is 0 Å². The number of hydrogen-bond donors (Lipinski definition) is 1. The van der Waals surface area contributed by atoms with E-state index in [4.69, 9.17) is 0 Å². The zero-order chi connectivity index (χ0) is 8.74. The number of nitrogens with one attached hydrogen (secondary N) is 1. The van der Waals surface area contributed by atoms with E-state index in [0.717, 1.165) is 0 Å². The molecule has 0 aliphatic heterocycles. The van der Waals surface area contributed by atoms with Crippen LogP contribution in [0.4, 0.5) is 0 Å². The fraction of sp³-hybridized carbons (Fsp3) is 1.00. The maximum Gasteiger partial charge on any atom is 0 e. The molecule has 0 aliphatic carbocycles. The van der Waals surface area contributed by atoms with Gasteiger partial charge >= 0.3 is 0 Å². The first-order chi connectivity index (χ1) is 5.06. The Hall–Kier alpha value is -0.0400. The normalized spacial score (nSPS) is 12.0. The fourth-order valence-corrected chi connectivity index (χ4v) is 0.890. The molecule has 1 N–H and O–H groups in total. The zero-order valence-corrected chi connectivity index (χ0v) is 8.54. The van der Waals surface area contributed by atoms with Crippen molar-refractivity contribution in [3.8, 4) is 0 Å². The van der Waals surface area contributed by atoms with E-state index < -0.39 is 0 Å². The first kappa shape index (κ1) is 11.0. The molecule has 0 aromatic carbocycles. The van der Waals surface area contributed by atoms with Gasteiger partial charge in [-0.25, -0.2) is 0 Å². The molecule has 0 heterocycles. The molecule has 0 unspecified atom stereocenters. The van der Waals surface area contributed by atoms with E-state index in [0.29, 0.717) is 5.41 Å². The second kappa shape index (κ2) is 5.59. The van der Waals surface area contributed by atoms with E-state index >= 15 is 0 Å². The third kappa shape index (κ3) is 9.96. The van der Waals surface area contributed by atoms with Crippen molar-refractivity contribution in [2.24, 2.45) is 5.41 Å². The van der Waals surface area contributed by atoms with Crippen molar-refractivity contribution in [3.05, 3.63) is 0 Å². The zero-order valence-electron chi connectivity index (χ0n) is 8.54. The summed E-state index contributed by atoms with van der Waals surface area (Å²) in [5.74, 6) is 0. The van der Waals surface area contributed by atoms with Gasteiger partial charge in [-0.2, -0.15) is 0 Å². The lowest BCUT2D eigenvalue weighted by atomic mass is 9.92. The average molecular weight is 159 g/mol. The molecule has 1 nitrogen and oxygen atoms in total. The number of rotatable bonds is 5. The number of unbranched alkanes of at least 4 members (excludes halogenated alkanes) is 1. The highest BCUT2D eigenvalue weighted by atomic mass is 14.8. The SMILES string of the molecule is CCCCNCCC(C)(C)C.[HH]. The van der Waals surface area contributed by atoms with Crippen molar-refractivity contribution in [1.82, 2.24) is 5.32 Å². The topological polar surface area (TPSA) is 12.0 Å². The molecule has 70 valence electrons. The van der Waals surface area contributed by atoms with Gasteiger partial charge in [0.05, 0.1) is 0 Å². The molecule has 0 saturated carbocycles. The summed E-state index contributed by atoms with van der Waals surface area (Å²) in [6, 6.07) is 0. The maximum atomic E-state index is 3.44. The quantitative estimate of drug-likeness (QED) is 0.608. The molecule has 0 spiro atoms. The Balaban J connectivity index is 0. The minimum absolute atomic E-state index is 0. The molecule has 0 atom stereocenters. The average Bonchev–Trinajstić information content (AvgIpc) is 1.85. The van der Waals surface area contributed by atoms with Crippen molar-refractivity contribution in [3.63, 3.8) is 0 Å². The van der Waals surface area contributed by atoms with Crippen molar-refractivity contribution in [2.45, 2.75) is 47.0 Å². The van der Waals surface area contributed by atoms with E-state index in [9.17, 15) is 0 Å². The van der Waals surface area contributed by atoms with Crippen LogP contribution in [0, 0.1) is 5.41 Å². The summed E-state index contributed by atoms with van der Waals surface area (Å²) >= 11 is 0. The lowest BCUT2D eigenvalue weighted by Gasteiger charge is -2.17. The Bertz CT molecular complexity index is 86.3. The first-order valence-corrected chi connectivity index (χ1v) is 4.77. The summed E-state index contributed by atoms with van der Waals surface area (Å²) in [5.41, 5.74) is 0.485. The lowest BCUT2D eigenvalue weighted by Crippen LogP contribution is -2.21. The predicted octanol–water partition coefficient (Wildman–Crippen LogP) is 3.06. The van der Waals surface area contributed by atoms with Gasteiger partial charge in [0.25, 0.3) is 0 Å². The Kier molecular flexibility index (Phi) is 5.57. The molecule has 0 rings (SSSR count). The largest absolute Gasteiger partial charge is 0.317 e. The standard InChI is InChI=1S/C10H23N.H2/c1-5-6-8-11-9-7-10(2,3)4;/h11H,5-9H2,1-4H3;1H. The minimum atomic E-state index is 0. The van der Waals surface area contributed by atoms with Crippen LogP contribution in [0.25, 0.3) is 0 Å². The summed E-state index contributed by atoms with van der Waals surface area (Å²) in [7, 11) is 0. The van der Waals surface area contributed by atoms with Crippen molar-refractivity contribution in [2.75, 3.05) is 13.1 Å². The highest BCUT2D eigenvalue weighted by Gasteiger charge is 2.07. The van der Waals surface area contributed by atoms with Crippen LogP contribution in [-0.4, -0.2) is 13.1 Å². The monoisotopic (exact) mass is 159 g/mol. The summed E-state index contributed by atoms with van der Waals surface area (Å²) in [5, 5.41) is 3.44. The Morgan fingerprint density at radius 3 is 2.27 bits per heavy atom. The molecule has 11 heavy (non-hydrogen) atoms. The molecule has 0 amide bonds. The smallest absolute Gasteiger partial charge is 0 e.